The first-order valence-electron chi connectivity index (χ1n) is 10.9. The molecule has 2 amide bonds. The Hall–Kier alpha value is -2.89. The number of pyridine rings is 1. The van der Waals surface area contributed by atoms with Gasteiger partial charge in [0.2, 0.25) is 5.91 Å². The van der Waals surface area contributed by atoms with Gasteiger partial charge in [-0.2, -0.15) is 0 Å². The standard InChI is InChI=1S/C24H30N4O2/c1-17-3-5-19(6-4-17)16-28-14-11-21(24(28)30)26-22-8-7-20(15-25-22)23(29)27-12-9-18(2)10-13-27/h3-8,15,18,21H,9-14,16H2,1-2H3,(H,25,26). The van der Waals surface area contributed by atoms with Crippen LogP contribution >= 0.6 is 0 Å². The molecule has 6 heteroatoms. The van der Waals surface area contributed by atoms with E-state index < -0.39 is 0 Å². The Morgan fingerprint density at radius 2 is 1.80 bits per heavy atom. The summed E-state index contributed by atoms with van der Waals surface area (Å²) < 4.78 is 0. The van der Waals surface area contributed by atoms with Crippen LogP contribution in [0.15, 0.2) is 42.6 Å². The molecule has 0 radical (unpaired) electrons. The molecule has 1 aromatic heterocycles. The summed E-state index contributed by atoms with van der Waals surface area (Å²) in [5.74, 6) is 1.46. The van der Waals surface area contributed by atoms with Gasteiger partial charge in [0.1, 0.15) is 11.9 Å². The minimum atomic E-state index is -0.270. The number of likely N-dealkylation sites (tertiary alicyclic amines) is 2. The van der Waals surface area contributed by atoms with Gasteiger partial charge in [-0.3, -0.25) is 9.59 Å². The third kappa shape index (κ3) is 4.64. The number of anilines is 1. The van der Waals surface area contributed by atoms with E-state index in [1.54, 1.807) is 18.3 Å². The average Bonchev–Trinajstić information content (AvgIpc) is 3.09. The molecule has 1 atom stereocenters. The summed E-state index contributed by atoms with van der Waals surface area (Å²) in [4.78, 5) is 33.6. The molecule has 1 aromatic carbocycles. The number of piperidine rings is 1. The Bertz CT molecular complexity index is 886. The van der Waals surface area contributed by atoms with Crippen molar-refractivity contribution in [3.05, 3.63) is 59.3 Å². The Kier molecular flexibility index (Phi) is 6.02. The van der Waals surface area contributed by atoms with E-state index >= 15 is 0 Å². The number of aryl methyl sites for hydroxylation is 1. The molecule has 1 unspecified atom stereocenters. The van der Waals surface area contributed by atoms with Crippen molar-refractivity contribution >= 4 is 17.6 Å². The number of nitrogens with one attached hydrogen (secondary N) is 1. The smallest absolute Gasteiger partial charge is 0.255 e. The first kappa shape index (κ1) is 20.4. The molecule has 0 aliphatic carbocycles. The van der Waals surface area contributed by atoms with Crippen LogP contribution in [0.1, 0.15) is 47.7 Å². The fourth-order valence-electron chi connectivity index (χ4n) is 4.12. The van der Waals surface area contributed by atoms with E-state index in [9.17, 15) is 9.59 Å². The minimum Gasteiger partial charge on any atom is -0.358 e. The molecule has 2 aliphatic heterocycles. The zero-order valence-corrected chi connectivity index (χ0v) is 17.8. The topological polar surface area (TPSA) is 65.5 Å². The minimum absolute atomic E-state index is 0.0437. The fraction of sp³-hybridized carbons (Fsp3) is 0.458. The molecule has 2 saturated heterocycles. The van der Waals surface area contributed by atoms with Crippen LogP contribution in [-0.4, -0.2) is 52.3 Å². The molecule has 1 N–H and O–H groups in total. The normalized spacial score (nSPS) is 19.9. The first-order chi connectivity index (χ1) is 14.5. The largest absolute Gasteiger partial charge is 0.358 e. The lowest BCUT2D eigenvalue weighted by Gasteiger charge is -2.30. The van der Waals surface area contributed by atoms with Crippen LogP contribution in [0.2, 0.25) is 0 Å². The molecule has 2 fully saturated rings. The summed E-state index contributed by atoms with van der Waals surface area (Å²) >= 11 is 0. The number of hydrogen-bond donors (Lipinski definition) is 1. The number of carbonyl (C=O) groups is 2. The van der Waals surface area contributed by atoms with Crippen molar-refractivity contribution in [2.45, 2.75) is 45.7 Å². The highest BCUT2D eigenvalue weighted by Gasteiger charge is 2.31. The molecule has 6 nitrogen and oxygen atoms in total. The van der Waals surface area contributed by atoms with E-state index in [2.05, 4.69) is 48.4 Å². The number of nitrogens with zero attached hydrogens (tertiary/aromatic N) is 3. The maximum Gasteiger partial charge on any atom is 0.255 e. The van der Waals surface area contributed by atoms with Crippen LogP contribution in [0.25, 0.3) is 0 Å². The predicted octanol–water partition coefficient (Wildman–Crippen LogP) is 3.48. The quantitative estimate of drug-likeness (QED) is 0.826. The highest BCUT2D eigenvalue weighted by Crippen LogP contribution is 2.21. The highest BCUT2D eigenvalue weighted by atomic mass is 16.2. The molecule has 158 valence electrons. The predicted molar refractivity (Wildman–Crippen MR) is 117 cm³/mol. The lowest BCUT2D eigenvalue weighted by Crippen LogP contribution is -2.38. The Labute approximate surface area is 178 Å². The maximum atomic E-state index is 12.8. The van der Waals surface area contributed by atoms with Gasteiger partial charge in [0.25, 0.3) is 5.91 Å². The van der Waals surface area contributed by atoms with Crippen LogP contribution in [0.4, 0.5) is 5.82 Å². The van der Waals surface area contributed by atoms with Crippen molar-refractivity contribution in [1.82, 2.24) is 14.8 Å². The summed E-state index contributed by atoms with van der Waals surface area (Å²) in [5, 5.41) is 3.24. The second-order valence-corrected chi connectivity index (χ2v) is 8.64. The number of hydrogen-bond acceptors (Lipinski definition) is 4. The van der Waals surface area contributed by atoms with Crippen LogP contribution < -0.4 is 5.32 Å². The molecule has 2 aliphatic rings. The summed E-state index contributed by atoms with van der Waals surface area (Å²) in [6.45, 7) is 7.28. The second kappa shape index (κ2) is 8.86. The molecular weight excluding hydrogens is 376 g/mol. The number of aromatic nitrogens is 1. The zero-order chi connectivity index (χ0) is 21.1. The van der Waals surface area contributed by atoms with E-state index in [4.69, 9.17) is 0 Å². The zero-order valence-electron chi connectivity index (χ0n) is 17.8. The van der Waals surface area contributed by atoms with E-state index in [-0.39, 0.29) is 17.9 Å². The van der Waals surface area contributed by atoms with Gasteiger partial charge in [-0.15, -0.1) is 0 Å². The molecule has 0 spiro atoms. The molecule has 4 rings (SSSR count). The van der Waals surface area contributed by atoms with Gasteiger partial charge in [0, 0.05) is 32.4 Å². The number of amides is 2. The van der Waals surface area contributed by atoms with Gasteiger partial charge in [-0.05, 0) is 49.8 Å². The van der Waals surface area contributed by atoms with Crippen molar-refractivity contribution in [2.24, 2.45) is 5.92 Å². The molecule has 3 heterocycles. The molecule has 30 heavy (non-hydrogen) atoms. The summed E-state index contributed by atoms with van der Waals surface area (Å²) in [6.07, 6.45) is 4.48. The molecule has 2 aromatic rings. The van der Waals surface area contributed by atoms with Gasteiger partial charge >= 0.3 is 0 Å². The SMILES string of the molecule is Cc1ccc(CN2CCC(Nc3ccc(C(=O)N4CCC(C)CC4)cn3)C2=O)cc1. The van der Waals surface area contributed by atoms with Gasteiger partial charge < -0.3 is 15.1 Å². The third-order valence-electron chi connectivity index (χ3n) is 6.19. The third-order valence-corrected chi connectivity index (χ3v) is 6.19. The van der Waals surface area contributed by atoms with Crippen LogP contribution in [0.3, 0.4) is 0 Å². The van der Waals surface area contributed by atoms with E-state index in [1.807, 2.05) is 9.80 Å². The van der Waals surface area contributed by atoms with Gasteiger partial charge in [0.15, 0.2) is 0 Å². The summed E-state index contributed by atoms with van der Waals surface area (Å²) in [7, 11) is 0. The van der Waals surface area contributed by atoms with Crippen LogP contribution in [0, 0.1) is 12.8 Å². The highest BCUT2D eigenvalue weighted by molar-refractivity contribution is 5.94. The van der Waals surface area contributed by atoms with Crippen molar-refractivity contribution in [3.63, 3.8) is 0 Å². The van der Waals surface area contributed by atoms with E-state index in [0.717, 1.165) is 44.5 Å². The van der Waals surface area contributed by atoms with Gasteiger partial charge in [-0.25, -0.2) is 4.98 Å². The van der Waals surface area contributed by atoms with Crippen molar-refractivity contribution < 1.29 is 9.59 Å². The Morgan fingerprint density at radius 3 is 2.47 bits per heavy atom. The number of carbonyl (C=O) groups excluding carboxylic acids is 2. The van der Waals surface area contributed by atoms with E-state index in [0.29, 0.717) is 23.8 Å². The van der Waals surface area contributed by atoms with Crippen LogP contribution in [0.5, 0.6) is 0 Å². The van der Waals surface area contributed by atoms with Crippen LogP contribution in [-0.2, 0) is 11.3 Å². The lowest BCUT2D eigenvalue weighted by molar-refractivity contribution is -0.128. The molecule has 0 saturated carbocycles. The summed E-state index contributed by atoms with van der Waals surface area (Å²) in [5.41, 5.74) is 2.96. The first-order valence-corrected chi connectivity index (χ1v) is 10.9. The Balaban J connectivity index is 1.32. The second-order valence-electron chi connectivity index (χ2n) is 8.64. The van der Waals surface area contributed by atoms with Gasteiger partial charge in [-0.1, -0.05) is 36.8 Å². The lowest BCUT2D eigenvalue weighted by atomic mass is 9.99. The number of rotatable bonds is 5. The van der Waals surface area contributed by atoms with Crippen molar-refractivity contribution in [1.29, 1.82) is 0 Å². The summed E-state index contributed by atoms with van der Waals surface area (Å²) in [6, 6.07) is 11.6. The maximum absolute atomic E-state index is 12.8. The van der Waals surface area contributed by atoms with E-state index in [1.165, 1.54) is 5.56 Å². The van der Waals surface area contributed by atoms with Gasteiger partial charge in [0.05, 0.1) is 5.56 Å². The molecular formula is C24H30N4O2. The number of benzene rings is 1. The fourth-order valence-corrected chi connectivity index (χ4v) is 4.12. The monoisotopic (exact) mass is 406 g/mol. The average molecular weight is 407 g/mol. The van der Waals surface area contributed by atoms with Crippen molar-refractivity contribution in [2.75, 3.05) is 25.0 Å². The molecule has 0 bridgehead atoms. The Morgan fingerprint density at radius 1 is 1.07 bits per heavy atom. The van der Waals surface area contributed by atoms with Crippen molar-refractivity contribution in [3.8, 4) is 0 Å².